The average molecular weight is 509 g/mol. The monoisotopic (exact) mass is 508 g/mol. The molecular formula is C30H32N6O2. The van der Waals surface area contributed by atoms with E-state index >= 15 is 0 Å². The molecule has 1 amide bonds. The van der Waals surface area contributed by atoms with Crippen LogP contribution in [0.5, 0.6) is 5.88 Å². The van der Waals surface area contributed by atoms with Crippen molar-refractivity contribution in [2.45, 2.75) is 46.8 Å². The molecule has 0 spiro atoms. The van der Waals surface area contributed by atoms with Gasteiger partial charge in [-0.3, -0.25) is 4.68 Å². The molecule has 8 heteroatoms. The zero-order valence-corrected chi connectivity index (χ0v) is 21.9. The number of hydrogen-bond donors (Lipinski definition) is 2. The molecule has 3 heterocycles. The smallest absolute Gasteiger partial charge is 0.393 e. The lowest BCUT2D eigenvalue weighted by Crippen LogP contribution is -2.27. The van der Waals surface area contributed by atoms with Crippen molar-refractivity contribution in [1.29, 1.82) is 0 Å². The number of hydrogen-bond acceptors (Lipinski definition) is 5. The van der Waals surface area contributed by atoms with E-state index in [2.05, 4.69) is 58.1 Å². The normalized spacial score (nSPS) is 11.1. The molecule has 0 saturated heterocycles. The van der Waals surface area contributed by atoms with Gasteiger partial charge in [0.25, 0.3) is 0 Å². The summed E-state index contributed by atoms with van der Waals surface area (Å²) in [7, 11) is 0. The van der Waals surface area contributed by atoms with E-state index in [4.69, 9.17) is 10.5 Å². The van der Waals surface area contributed by atoms with Crippen LogP contribution in [0.15, 0.2) is 73.2 Å². The van der Waals surface area contributed by atoms with Gasteiger partial charge in [0.2, 0.25) is 5.88 Å². The van der Waals surface area contributed by atoms with Crippen LogP contribution in [-0.2, 0) is 26.1 Å². The number of anilines is 1. The fraction of sp³-hybridized carbons (Fsp3) is 0.233. The fourth-order valence-electron chi connectivity index (χ4n) is 4.72. The number of aromatic nitrogens is 4. The van der Waals surface area contributed by atoms with E-state index in [1.165, 1.54) is 11.1 Å². The van der Waals surface area contributed by atoms with Crippen LogP contribution in [0.1, 0.15) is 40.4 Å². The molecule has 0 aliphatic heterocycles. The largest absolute Gasteiger partial charge is 0.414 e. The summed E-state index contributed by atoms with van der Waals surface area (Å²) >= 11 is 0. The van der Waals surface area contributed by atoms with E-state index in [9.17, 15) is 4.79 Å². The molecule has 3 aromatic heterocycles. The van der Waals surface area contributed by atoms with E-state index in [1.807, 2.05) is 54.3 Å². The number of carbonyl (C=O) groups is 1. The minimum atomic E-state index is -0.490. The lowest BCUT2D eigenvalue weighted by atomic mass is 10.1. The number of carbonyl (C=O) groups excluding carboxylic acids is 1. The van der Waals surface area contributed by atoms with Crippen molar-refractivity contribution in [3.05, 3.63) is 107 Å². The number of benzene rings is 2. The van der Waals surface area contributed by atoms with Crippen molar-refractivity contribution >= 4 is 22.7 Å². The third kappa shape index (κ3) is 5.54. The minimum absolute atomic E-state index is 0.347. The van der Waals surface area contributed by atoms with Gasteiger partial charge in [0, 0.05) is 49.1 Å². The predicted octanol–water partition coefficient (Wildman–Crippen LogP) is 5.38. The van der Waals surface area contributed by atoms with Gasteiger partial charge >= 0.3 is 6.09 Å². The first-order valence-corrected chi connectivity index (χ1v) is 12.7. The van der Waals surface area contributed by atoms with Crippen molar-refractivity contribution < 1.29 is 9.53 Å². The molecule has 5 rings (SSSR count). The zero-order chi connectivity index (χ0) is 26.6. The van der Waals surface area contributed by atoms with Crippen molar-refractivity contribution in [2.24, 2.45) is 0 Å². The molecular weight excluding hydrogens is 476 g/mol. The van der Waals surface area contributed by atoms with E-state index < -0.39 is 6.09 Å². The van der Waals surface area contributed by atoms with Crippen molar-refractivity contribution in [1.82, 2.24) is 24.6 Å². The summed E-state index contributed by atoms with van der Waals surface area (Å²) in [5.74, 6) is 1.04. The summed E-state index contributed by atoms with van der Waals surface area (Å²) in [6, 6.07) is 18.3. The SMILES string of the molecule is CCn1c(OC(=O)NCc2ccc3c(N)nccc3c2)cc(C)c1Cc1ccc(Cn2cc(C)cn2)cc1. The highest BCUT2D eigenvalue weighted by atomic mass is 16.6. The standard InChI is InChI=1S/C30H32N6O2/c1-4-36-27(15-22-5-7-23(8-6-22)19-35-18-20(2)16-34-35)21(3)13-28(36)38-30(37)33-17-24-9-10-26-25(14-24)11-12-32-29(26)31/h5-14,16,18H,4,15,17,19H2,1-3H3,(H2,31,32)(H,33,37). The lowest BCUT2D eigenvalue weighted by Gasteiger charge is -2.13. The third-order valence-electron chi connectivity index (χ3n) is 6.70. The number of pyridine rings is 1. The summed E-state index contributed by atoms with van der Waals surface area (Å²) in [5.41, 5.74) is 12.7. The van der Waals surface area contributed by atoms with Crippen LogP contribution < -0.4 is 15.8 Å². The summed E-state index contributed by atoms with van der Waals surface area (Å²) < 4.78 is 9.72. The highest BCUT2D eigenvalue weighted by Crippen LogP contribution is 2.25. The van der Waals surface area contributed by atoms with Gasteiger partial charge in [0.1, 0.15) is 5.82 Å². The van der Waals surface area contributed by atoms with Gasteiger partial charge in [0.05, 0.1) is 12.7 Å². The Balaban J connectivity index is 1.23. The van der Waals surface area contributed by atoms with Crippen molar-refractivity contribution in [3.63, 3.8) is 0 Å². The summed E-state index contributed by atoms with van der Waals surface area (Å²) in [6.07, 6.45) is 5.85. The number of nitrogen functional groups attached to an aromatic ring is 1. The molecule has 0 radical (unpaired) electrons. The number of rotatable bonds is 8. The van der Waals surface area contributed by atoms with Gasteiger partial charge in [-0.2, -0.15) is 5.10 Å². The Bertz CT molecular complexity index is 1580. The first kappa shape index (κ1) is 25.1. The van der Waals surface area contributed by atoms with Crippen LogP contribution >= 0.6 is 0 Å². The predicted molar refractivity (Wildman–Crippen MR) is 149 cm³/mol. The van der Waals surface area contributed by atoms with Gasteiger partial charge < -0.3 is 20.4 Å². The number of aryl methyl sites for hydroxylation is 2. The number of nitrogens with zero attached hydrogens (tertiary/aromatic N) is 4. The quantitative estimate of drug-likeness (QED) is 0.293. The first-order valence-electron chi connectivity index (χ1n) is 12.7. The van der Waals surface area contributed by atoms with Gasteiger partial charge in [-0.25, -0.2) is 9.78 Å². The third-order valence-corrected chi connectivity index (χ3v) is 6.70. The van der Waals surface area contributed by atoms with Crippen LogP contribution in [-0.4, -0.2) is 25.4 Å². The van der Waals surface area contributed by atoms with Gasteiger partial charge in [-0.1, -0.05) is 36.4 Å². The molecule has 0 aliphatic carbocycles. The van der Waals surface area contributed by atoms with E-state index in [0.717, 1.165) is 46.1 Å². The number of nitrogens with one attached hydrogen (secondary N) is 1. The molecule has 3 N–H and O–H groups in total. The lowest BCUT2D eigenvalue weighted by molar-refractivity contribution is 0.196. The van der Waals surface area contributed by atoms with Gasteiger partial charge in [0.15, 0.2) is 0 Å². The topological polar surface area (TPSA) is 100.0 Å². The number of ether oxygens (including phenoxy) is 1. The number of amides is 1. The van der Waals surface area contributed by atoms with Gasteiger partial charge in [-0.15, -0.1) is 0 Å². The van der Waals surface area contributed by atoms with Crippen LogP contribution in [0, 0.1) is 13.8 Å². The Morgan fingerprint density at radius 1 is 1.03 bits per heavy atom. The highest BCUT2D eigenvalue weighted by Gasteiger charge is 2.16. The highest BCUT2D eigenvalue weighted by molar-refractivity contribution is 5.91. The van der Waals surface area contributed by atoms with Crippen molar-refractivity contribution in [3.8, 4) is 5.88 Å². The van der Waals surface area contributed by atoms with Gasteiger partial charge in [-0.05, 0) is 66.1 Å². The molecule has 8 nitrogen and oxygen atoms in total. The van der Waals surface area contributed by atoms with E-state index in [1.54, 1.807) is 6.20 Å². The Kier molecular flexibility index (Phi) is 7.13. The maximum Gasteiger partial charge on any atom is 0.414 e. The molecule has 5 aromatic rings. The number of fused-ring (bicyclic) bond motifs is 1. The second-order valence-corrected chi connectivity index (χ2v) is 9.56. The Morgan fingerprint density at radius 3 is 2.53 bits per heavy atom. The van der Waals surface area contributed by atoms with Crippen LogP contribution in [0.25, 0.3) is 10.8 Å². The molecule has 0 saturated carbocycles. The van der Waals surface area contributed by atoms with E-state index in [0.29, 0.717) is 24.8 Å². The Labute approximate surface area is 222 Å². The minimum Gasteiger partial charge on any atom is -0.393 e. The summed E-state index contributed by atoms with van der Waals surface area (Å²) in [6.45, 7) is 7.94. The average Bonchev–Trinajstić information content (AvgIpc) is 3.45. The maximum absolute atomic E-state index is 12.7. The molecule has 0 fully saturated rings. The molecule has 194 valence electrons. The van der Waals surface area contributed by atoms with Crippen LogP contribution in [0.2, 0.25) is 0 Å². The second-order valence-electron chi connectivity index (χ2n) is 9.56. The van der Waals surface area contributed by atoms with Crippen LogP contribution in [0.3, 0.4) is 0 Å². The molecule has 38 heavy (non-hydrogen) atoms. The molecule has 0 unspecified atom stereocenters. The van der Waals surface area contributed by atoms with E-state index in [-0.39, 0.29) is 0 Å². The first-order chi connectivity index (χ1) is 18.4. The molecule has 0 bridgehead atoms. The molecule has 0 aliphatic rings. The summed E-state index contributed by atoms with van der Waals surface area (Å²) in [5, 5.41) is 9.10. The zero-order valence-electron chi connectivity index (χ0n) is 21.9. The Morgan fingerprint density at radius 2 is 1.79 bits per heavy atom. The number of nitrogens with two attached hydrogens (primary N) is 1. The fourth-order valence-corrected chi connectivity index (χ4v) is 4.72. The maximum atomic E-state index is 12.7. The summed E-state index contributed by atoms with van der Waals surface area (Å²) in [4.78, 5) is 16.8. The van der Waals surface area contributed by atoms with Crippen molar-refractivity contribution in [2.75, 3.05) is 5.73 Å². The second kappa shape index (κ2) is 10.8. The van der Waals surface area contributed by atoms with Crippen LogP contribution in [0.4, 0.5) is 10.6 Å². The molecule has 2 aromatic carbocycles. The Hall–Kier alpha value is -4.59. The molecule has 0 atom stereocenters.